The van der Waals surface area contributed by atoms with Crippen LogP contribution in [-0.2, 0) is 67.9 Å². The van der Waals surface area contributed by atoms with Gasteiger partial charge in [0.1, 0.15) is 23.4 Å². The van der Waals surface area contributed by atoms with Crippen molar-refractivity contribution in [1.82, 2.24) is 29.2 Å². The summed E-state index contributed by atoms with van der Waals surface area (Å²) in [5.74, 6) is -5.08. The van der Waals surface area contributed by atoms with Crippen LogP contribution in [0.1, 0.15) is 225 Å². The van der Waals surface area contributed by atoms with Gasteiger partial charge >= 0.3 is 11.9 Å². The third kappa shape index (κ3) is 20.4. The van der Waals surface area contributed by atoms with E-state index in [-0.39, 0.29) is 122 Å². The van der Waals surface area contributed by atoms with Crippen molar-refractivity contribution < 1.29 is 83.6 Å². The van der Waals surface area contributed by atoms with E-state index in [4.69, 9.17) is 51.6 Å². The minimum atomic E-state index is -3.97. The molecule has 2 aromatic heterocycles. The van der Waals surface area contributed by atoms with Crippen LogP contribution >= 0.6 is 23.2 Å². The highest BCUT2D eigenvalue weighted by Gasteiger charge is 2.65. The summed E-state index contributed by atoms with van der Waals surface area (Å²) in [5, 5.41) is 3.57. The van der Waals surface area contributed by atoms with Crippen molar-refractivity contribution in [3.05, 3.63) is 82.9 Å². The van der Waals surface area contributed by atoms with Crippen LogP contribution in [0.4, 0.5) is 0 Å². The second kappa shape index (κ2) is 34.6. The van der Waals surface area contributed by atoms with Crippen LogP contribution in [0.15, 0.2) is 72.8 Å². The first-order valence-electron chi connectivity index (χ1n) is 40.9. The zero-order valence-electron chi connectivity index (χ0n) is 68.5. The lowest BCUT2D eigenvalue weighted by atomic mass is 9.82. The Labute approximate surface area is 681 Å². The molecule has 0 spiro atoms. The summed E-state index contributed by atoms with van der Waals surface area (Å²) in [4.78, 5) is 127. The van der Waals surface area contributed by atoms with Gasteiger partial charge in [0.2, 0.25) is 67.2 Å². The molecule has 4 saturated carbocycles. The number of fused-ring (bicyclic) bond motifs is 6. The maximum absolute atomic E-state index is 15.0. The summed E-state index contributed by atoms with van der Waals surface area (Å²) in [6.07, 6.45) is 14.1. The van der Waals surface area contributed by atoms with Crippen molar-refractivity contribution in [3.63, 3.8) is 0 Å². The number of nitrogens with one attached hydrogen (secondary N) is 2. The predicted molar refractivity (Wildman–Crippen MR) is 434 cm³/mol. The van der Waals surface area contributed by atoms with Crippen molar-refractivity contribution in [2.75, 3.05) is 26.3 Å². The Morgan fingerprint density at radius 3 is 1.26 bits per heavy atom. The molecule has 24 nitrogen and oxygen atoms in total. The van der Waals surface area contributed by atoms with Gasteiger partial charge in [0.15, 0.2) is 11.6 Å². The van der Waals surface area contributed by atoms with Crippen molar-refractivity contribution in [1.29, 1.82) is 0 Å². The van der Waals surface area contributed by atoms with Gasteiger partial charge in [0, 0.05) is 69.4 Å². The first kappa shape index (κ1) is 87.4. The molecule has 4 aromatic rings. The molecule has 12 rings (SSSR count). The van der Waals surface area contributed by atoms with Gasteiger partial charge in [-0.2, -0.15) is 9.97 Å². The highest BCUT2D eigenvalue weighted by atomic mass is 35.5. The maximum Gasteiger partial charge on any atom is 0.307 e. The molecule has 8 aliphatic rings. The van der Waals surface area contributed by atoms with Crippen LogP contribution in [0.2, 0.25) is 10.0 Å². The van der Waals surface area contributed by atoms with Crippen LogP contribution in [0, 0.1) is 58.2 Å². The summed E-state index contributed by atoms with van der Waals surface area (Å²) >= 11 is 13.2. The molecule has 4 aliphatic heterocycles. The number of allylic oxidation sites excluding steroid dienone is 4. The molecule has 0 unspecified atom stereocenters. The molecular formula is C86H116Cl2N6O18S2. The number of ketones is 2. The number of Topliss-reactive ketones (excluding diaryl/α,β-unsaturated/α-hetero) is 2. The maximum atomic E-state index is 15.0. The van der Waals surface area contributed by atoms with E-state index in [0.717, 1.165) is 25.7 Å². The molecule has 4 aliphatic carbocycles. The SMILES string of the molecule is CCCOc1cc2c(Cl)cccc2c(O[C@@H]2C[C@H]3C(=O)C[C@]4(C(=O)NS(=O)(=O)C5(C)CC5)C[C@H]4/C=C\CC[C@@H](C)C[C@@H](C)[C@H](CC(=O)OC(C)(C)C)C(=O)N3C2)n1.CCCOc1cc2c(Cl)cccc2c(O[C@@H]2C[C@H]3C(=O)C[C@]4(C(=O)NS(=O)(=O)C5(C)CC5)C[C@H]4/C=C\CC[C@H](C)C[C@@H](C)[C@H](CC(=O)OC(C)(C)C)C(=O)N3C2)n1. The Kier molecular flexibility index (Phi) is 26.6. The lowest BCUT2D eigenvalue weighted by Crippen LogP contribution is -2.48. The number of hydrogen-bond acceptors (Lipinski definition) is 20. The van der Waals surface area contributed by atoms with E-state index in [1.807, 2.05) is 64.1 Å². The Balaban J connectivity index is 0.000000225. The molecule has 14 atom stereocenters. The Morgan fingerprint density at radius 1 is 0.553 bits per heavy atom. The minimum absolute atomic E-state index is 0.0153. The van der Waals surface area contributed by atoms with Crippen molar-refractivity contribution in [3.8, 4) is 23.5 Å². The summed E-state index contributed by atoms with van der Waals surface area (Å²) in [5.41, 5.74) is -4.09. The standard InChI is InChI=1S/2C43H58ClN3O9S/c2*1-8-18-54-36-21-32-30(14-11-15-33(32)44)38(45-36)55-29-20-34-35(48)24-43(40(51)46-57(52,53)42(7)16-17-42)23-28(43)13-10-9-12-26(2)19-27(3)31(39(50)47(34)25-29)22-37(49)56-41(4,5)6/h2*10-11,13-15,21,26-29,31,34H,8-9,12,16-20,22-25H2,1-7H3,(H,46,51)/b2*13-10-/t26-,27+,28+,29+,31-,34-,43+;26-,27-,28-,29-,31+,34+,43-/m01/s1. The normalized spacial score (nSPS) is 29.6. The van der Waals surface area contributed by atoms with E-state index < -0.39 is 111 Å². The van der Waals surface area contributed by atoms with Crippen molar-refractivity contribution >= 4 is 112 Å². The molecule has 0 bridgehead atoms. The number of rotatable bonds is 20. The summed E-state index contributed by atoms with van der Waals surface area (Å²) in [6.45, 7) is 26.9. The van der Waals surface area contributed by atoms with Crippen LogP contribution in [0.3, 0.4) is 0 Å². The molecule has 28 heteroatoms. The number of carbonyl (C=O) groups is 8. The Hall–Kier alpha value is -7.42. The number of amides is 4. The molecule has 0 radical (unpaired) electrons. The number of esters is 2. The molecule has 2 aromatic carbocycles. The lowest BCUT2D eigenvalue weighted by molar-refractivity contribution is -0.160. The number of hydrogen-bond donors (Lipinski definition) is 2. The second-order valence-electron chi connectivity index (χ2n) is 36.3. The summed E-state index contributed by atoms with van der Waals surface area (Å²) in [6, 6.07) is 12.2. The lowest BCUT2D eigenvalue weighted by Gasteiger charge is -2.32. The molecule has 6 fully saturated rings. The molecule has 114 heavy (non-hydrogen) atoms. The first-order valence-corrected chi connectivity index (χ1v) is 44.6. The molecule has 2 N–H and O–H groups in total. The smallest absolute Gasteiger partial charge is 0.307 e. The number of ether oxygens (including phenoxy) is 6. The topological polar surface area (TPSA) is 317 Å². The second-order valence-corrected chi connectivity index (χ2v) is 41.5. The quantitative estimate of drug-likeness (QED) is 0.0613. The number of pyridine rings is 2. The summed E-state index contributed by atoms with van der Waals surface area (Å²) < 4.78 is 92.1. The molecule has 6 heterocycles. The Bertz CT molecular complexity index is 4340. The van der Waals surface area contributed by atoms with Crippen LogP contribution in [-0.4, -0.2) is 155 Å². The number of nitrogens with zero attached hydrogens (tertiary/aromatic N) is 4. The zero-order chi connectivity index (χ0) is 83.0. The van der Waals surface area contributed by atoms with Crippen LogP contribution < -0.4 is 28.4 Å². The van der Waals surface area contributed by atoms with Crippen LogP contribution in [0.5, 0.6) is 23.5 Å². The predicted octanol–water partition coefficient (Wildman–Crippen LogP) is 14.7. The van der Waals surface area contributed by atoms with E-state index in [0.29, 0.717) is 121 Å². The monoisotopic (exact) mass is 1650 g/mol. The van der Waals surface area contributed by atoms with Crippen molar-refractivity contribution in [2.45, 2.75) is 270 Å². The van der Waals surface area contributed by atoms with Gasteiger partial charge in [0.25, 0.3) is 0 Å². The van der Waals surface area contributed by atoms with Gasteiger partial charge in [-0.15, -0.1) is 0 Å². The van der Waals surface area contributed by atoms with Gasteiger partial charge in [-0.3, -0.25) is 47.8 Å². The van der Waals surface area contributed by atoms with E-state index >= 15 is 0 Å². The largest absolute Gasteiger partial charge is 0.478 e. The fraction of sp³-hybridized carbons (Fsp3) is 0.651. The third-order valence-electron chi connectivity index (χ3n) is 24.2. The molecule has 4 amide bonds. The molecular weight excluding hydrogens is 1540 g/mol. The number of aromatic nitrogens is 2. The molecule has 624 valence electrons. The highest BCUT2D eigenvalue weighted by molar-refractivity contribution is 7.92. The average molecular weight is 1660 g/mol. The van der Waals surface area contributed by atoms with Gasteiger partial charge in [-0.25, -0.2) is 16.8 Å². The summed E-state index contributed by atoms with van der Waals surface area (Å²) in [7, 11) is -7.93. The fourth-order valence-electron chi connectivity index (χ4n) is 16.7. The highest BCUT2D eigenvalue weighted by Crippen LogP contribution is 2.59. The van der Waals surface area contributed by atoms with E-state index in [9.17, 15) is 55.2 Å². The Morgan fingerprint density at radius 2 is 0.921 bits per heavy atom. The minimum Gasteiger partial charge on any atom is -0.478 e. The van der Waals surface area contributed by atoms with Crippen LogP contribution in [0.25, 0.3) is 21.5 Å². The zero-order valence-corrected chi connectivity index (χ0v) is 71.7. The number of benzene rings is 2. The first-order chi connectivity index (χ1) is 53.5. The van der Waals surface area contributed by atoms with E-state index in [1.54, 1.807) is 91.8 Å². The van der Waals surface area contributed by atoms with Gasteiger partial charge in [-0.1, -0.05) is 101 Å². The van der Waals surface area contributed by atoms with E-state index in [1.165, 1.54) is 9.80 Å². The van der Waals surface area contributed by atoms with Gasteiger partial charge in [-0.05, 0) is 205 Å². The number of sulfonamides is 2. The number of carbonyl (C=O) groups excluding carboxylic acids is 8. The fourth-order valence-corrected chi connectivity index (χ4v) is 19.8. The van der Waals surface area contributed by atoms with E-state index in [2.05, 4.69) is 33.3 Å². The van der Waals surface area contributed by atoms with Gasteiger partial charge < -0.3 is 38.2 Å². The molecule has 2 saturated heterocycles. The number of halogens is 2. The third-order valence-corrected chi connectivity index (χ3v) is 29.2. The van der Waals surface area contributed by atoms with Gasteiger partial charge in [0.05, 0.1) is 83.4 Å². The average Bonchev–Trinajstić information content (AvgIpc) is 1.57. The van der Waals surface area contributed by atoms with Crippen molar-refractivity contribution in [2.24, 2.45) is 58.2 Å².